The second-order valence-corrected chi connectivity index (χ2v) is 10.2. The van der Waals surface area contributed by atoms with Gasteiger partial charge in [0.2, 0.25) is 5.75 Å². The Kier molecular flexibility index (Phi) is 9.19. The summed E-state index contributed by atoms with van der Waals surface area (Å²) in [7, 11) is 4.68. The predicted molar refractivity (Wildman–Crippen MR) is 151 cm³/mol. The number of amides is 1. The first kappa shape index (κ1) is 29.5. The number of fused-ring (bicyclic) bond motifs is 1. The number of ether oxygens (including phenoxy) is 3. The molecule has 0 spiro atoms. The maximum atomic E-state index is 13.6. The van der Waals surface area contributed by atoms with E-state index < -0.39 is 23.6 Å². The minimum Gasteiger partial charge on any atom is -0.493 e. The van der Waals surface area contributed by atoms with Gasteiger partial charge in [-0.25, -0.2) is 0 Å². The number of aryl methyl sites for hydroxylation is 1. The molecule has 0 heterocycles. The number of nitriles is 1. The van der Waals surface area contributed by atoms with E-state index in [-0.39, 0.29) is 28.9 Å². The molecule has 2 aliphatic carbocycles. The van der Waals surface area contributed by atoms with Gasteiger partial charge in [-0.3, -0.25) is 9.59 Å². The third-order valence-corrected chi connectivity index (χ3v) is 8.00. The highest BCUT2D eigenvalue weighted by Crippen LogP contribution is 2.46. The van der Waals surface area contributed by atoms with E-state index in [9.17, 15) is 25.0 Å². The molecule has 0 bridgehead atoms. The van der Waals surface area contributed by atoms with Gasteiger partial charge in [-0.2, -0.15) is 5.26 Å². The number of Topliss-reactive ketones (excluding diaryl/α,β-unsaturated/α-hetero) is 1. The molecule has 1 amide bonds. The van der Waals surface area contributed by atoms with Gasteiger partial charge in [0.1, 0.15) is 12.7 Å². The van der Waals surface area contributed by atoms with Gasteiger partial charge in [-0.1, -0.05) is 12.1 Å². The summed E-state index contributed by atoms with van der Waals surface area (Å²) in [6.07, 6.45) is 5.36. The predicted octanol–water partition coefficient (Wildman–Crippen LogP) is 4.10. The first-order chi connectivity index (χ1) is 19.8. The molecule has 1 N–H and O–H groups in total. The number of benzene rings is 2. The van der Waals surface area contributed by atoms with Gasteiger partial charge in [-0.15, -0.1) is 21.9 Å². The summed E-state index contributed by atoms with van der Waals surface area (Å²) in [6.45, 7) is -0.470. The molecule has 41 heavy (non-hydrogen) atoms. The zero-order valence-electron chi connectivity index (χ0n) is 23.1. The van der Waals surface area contributed by atoms with Crippen LogP contribution in [0.4, 0.5) is 0 Å². The maximum Gasteiger partial charge on any atom is 0.294 e. The van der Waals surface area contributed by atoms with Crippen molar-refractivity contribution >= 4 is 23.5 Å². The third kappa shape index (κ3) is 6.00. The van der Waals surface area contributed by atoms with E-state index in [0.29, 0.717) is 41.4 Å². The Hall–Kier alpha value is -4.50. The Balaban J connectivity index is 1.75. The molecule has 2 aromatic carbocycles. The average molecular weight is 580 g/mol. The lowest BCUT2D eigenvalue weighted by Crippen LogP contribution is -2.38. The minimum atomic E-state index is -0.959. The van der Waals surface area contributed by atoms with Crippen molar-refractivity contribution in [2.45, 2.75) is 38.3 Å². The molecule has 0 aromatic heterocycles. The quantitative estimate of drug-likeness (QED) is 0.340. The van der Waals surface area contributed by atoms with Gasteiger partial charge in [0.25, 0.3) is 11.0 Å². The average Bonchev–Trinajstić information content (AvgIpc) is 3.22. The zero-order valence-corrected chi connectivity index (χ0v) is 23.9. The fourth-order valence-electron chi connectivity index (χ4n) is 5.32. The van der Waals surface area contributed by atoms with Crippen molar-refractivity contribution in [1.29, 1.82) is 5.26 Å². The molecule has 11 nitrogen and oxygen atoms in total. The maximum absolute atomic E-state index is 13.6. The van der Waals surface area contributed by atoms with Crippen molar-refractivity contribution in [3.63, 3.8) is 0 Å². The highest BCUT2D eigenvalue weighted by Gasteiger charge is 2.32. The van der Waals surface area contributed by atoms with E-state index in [1.54, 1.807) is 21.3 Å². The number of thioether (sulfide) groups is 1. The summed E-state index contributed by atoms with van der Waals surface area (Å²) in [4.78, 5) is 42.5. The van der Waals surface area contributed by atoms with E-state index in [4.69, 9.17) is 14.2 Å². The van der Waals surface area contributed by atoms with E-state index in [2.05, 4.69) is 10.2 Å². The largest absolute Gasteiger partial charge is 0.493 e. The van der Waals surface area contributed by atoms with Gasteiger partial charge in [0, 0.05) is 18.4 Å². The van der Waals surface area contributed by atoms with Crippen LogP contribution in [-0.4, -0.2) is 50.4 Å². The molecule has 2 aliphatic rings. The summed E-state index contributed by atoms with van der Waals surface area (Å²) in [5.41, 5.74) is 3.94. The Morgan fingerprint density at radius 1 is 1.20 bits per heavy atom. The van der Waals surface area contributed by atoms with Gasteiger partial charge < -0.3 is 24.4 Å². The highest BCUT2D eigenvalue weighted by molar-refractivity contribution is 8.03. The van der Waals surface area contributed by atoms with Crippen molar-refractivity contribution < 1.29 is 33.7 Å². The molecule has 0 radical (unpaired) electrons. The standard InChI is InChI=1S/C29H29N3O8S/c1-37-25-11-16-8-9-19-18(10-21(16)27(38-2)28(25)39-3)12-26(41-4)24(33)13-23(19)31-29(34)20-7-5-6-17(22(20)14-30)15-40-32(35)36/h5-7,11-12,23H,8-10,13,15H2,1-4H3,(H,31,34). The normalized spacial score (nSPS) is 16.2. The molecule has 214 valence electrons. The number of allylic oxidation sites excluding steroid dienone is 3. The number of nitrogens with one attached hydrogen (secondary N) is 1. The summed E-state index contributed by atoms with van der Waals surface area (Å²) in [6, 6.07) is 7.74. The van der Waals surface area contributed by atoms with Crippen LogP contribution >= 0.6 is 11.8 Å². The molecule has 1 unspecified atom stereocenters. The van der Waals surface area contributed by atoms with Gasteiger partial charge in [0.15, 0.2) is 17.3 Å². The molecule has 1 atom stereocenters. The van der Waals surface area contributed by atoms with Crippen LogP contribution < -0.4 is 19.5 Å². The lowest BCUT2D eigenvalue weighted by atomic mass is 9.93. The molecular weight excluding hydrogens is 550 g/mol. The monoisotopic (exact) mass is 579 g/mol. The molecule has 0 aliphatic heterocycles. The van der Waals surface area contributed by atoms with Crippen LogP contribution in [0.15, 0.2) is 46.4 Å². The third-order valence-electron chi connectivity index (χ3n) is 7.22. The molecule has 2 aromatic rings. The topological polar surface area (TPSA) is 150 Å². The lowest BCUT2D eigenvalue weighted by molar-refractivity contribution is -0.763. The number of carbonyl (C=O) groups excluding carboxylic acids is 2. The van der Waals surface area contributed by atoms with Crippen LogP contribution in [0.3, 0.4) is 0 Å². The fraction of sp³-hybridized carbons (Fsp3) is 0.345. The van der Waals surface area contributed by atoms with Crippen molar-refractivity contribution in [3.8, 4) is 23.3 Å². The van der Waals surface area contributed by atoms with E-state index in [1.807, 2.05) is 24.5 Å². The minimum absolute atomic E-state index is 0.0267. The fourth-order valence-corrected chi connectivity index (χ4v) is 5.89. The number of ketones is 1. The van der Waals surface area contributed by atoms with Crippen molar-refractivity contribution in [2.24, 2.45) is 0 Å². The summed E-state index contributed by atoms with van der Waals surface area (Å²) in [5, 5.41) is 22.5. The van der Waals surface area contributed by atoms with E-state index >= 15 is 0 Å². The summed E-state index contributed by atoms with van der Waals surface area (Å²) < 4.78 is 16.9. The van der Waals surface area contributed by atoms with E-state index in [0.717, 1.165) is 22.3 Å². The van der Waals surface area contributed by atoms with Gasteiger partial charge in [0.05, 0.1) is 43.4 Å². The van der Waals surface area contributed by atoms with Crippen LogP contribution in [0.5, 0.6) is 17.2 Å². The van der Waals surface area contributed by atoms with Crippen LogP contribution in [0.25, 0.3) is 0 Å². The molecule has 0 saturated heterocycles. The number of carbonyl (C=O) groups is 2. The Morgan fingerprint density at radius 3 is 2.59 bits per heavy atom. The van der Waals surface area contributed by atoms with Crippen molar-refractivity contribution in [2.75, 3.05) is 27.6 Å². The molecular formula is C29H29N3O8S. The zero-order chi connectivity index (χ0) is 29.7. The number of rotatable bonds is 9. The SMILES string of the molecule is COc1cc2c(c(OC)c1OC)CC1=C(CC2)C(NC(=O)c2cccc(CO[N+](=O)[O-])c2C#N)CC(=O)C(SC)=C1. The van der Waals surface area contributed by atoms with Crippen molar-refractivity contribution in [1.82, 2.24) is 5.32 Å². The first-order valence-electron chi connectivity index (χ1n) is 12.7. The van der Waals surface area contributed by atoms with E-state index in [1.165, 1.54) is 30.0 Å². The molecule has 0 saturated carbocycles. The molecule has 0 fully saturated rings. The lowest BCUT2D eigenvalue weighted by Gasteiger charge is -2.22. The van der Waals surface area contributed by atoms with Crippen LogP contribution in [0.2, 0.25) is 0 Å². The summed E-state index contributed by atoms with van der Waals surface area (Å²) >= 11 is 1.34. The number of hydrogen-bond donors (Lipinski definition) is 1. The Labute approximate surface area is 241 Å². The number of nitrogens with zero attached hydrogens (tertiary/aromatic N) is 2. The Morgan fingerprint density at radius 2 is 1.95 bits per heavy atom. The molecule has 12 heteroatoms. The smallest absolute Gasteiger partial charge is 0.294 e. The second-order valence-electron chi connectivity index (χ2n) is 9.32. The Bertz CT molecular complexity index is 1510. The summed E-state index contributed by atoms with van der Waals surface area (Å²) in [5.74, 6) is 0.906. The van der Waals surface area contributed by atoms with Gasteiger partial charge >= 0.3 is 0 Å². The second kappa shape index (κ2) is 12.8. The number of methoxy groups -OCH3 is 3. The highest BCUT2D eigenvalue weighted by atomic mass is 32.2. The van der Waals surface area contributed by atoms with Crippen molar-refractivity contribution in [3.05, 3.63) is 84.3 Å². The number of hydrogen-bond acceptors (Lipinski definition) is 10. The van der Waals surface area contributed by atoms with Gasteiger partial charge in [-0.05, 0) is 59.6 Å². The van der Waals surface area contributed by atoms with Crippen LogP contribution in [-0.2, 0) is 29.1 Å². The molecule has 4 rings (SSSR count). The van der Waals surface area contributed by atoms with Crippen LogP contribution in [0.1, 0.15) is 45.5 Å². The van der Waals surface area contributed by atoms with Crippen LogP contribution in [0, 0.1) is 21.4 Å². The first-order valence-corrected chi connectivity index (χ1v) is 13.9.